The molecule has 3 rings (SSSR count). The quantitative estimate of drug-likeness (QED) is 0.549. The molecule has 94 valence electrons. The van der Waals surface area contributed by atoms with Gasteiger partial charge in [0.15, 0.2) is 0 Å². The summed E-state index contributed by atoms with van der Waals surface area (Å²) < 4.78 is 33.6. The molecule has 16 heavy (non-hydrogen) atoms. The van der Waals surface area contributed by atoms with Crippen molar-refractivity contribution in [2.24, 2.45) is 5.92 Å². The van der Waals surface area contributed by atoms with Gasteiger partial charge in [-0.3, -0.25) is 0 Å². The van der Waals surface area contributed by atoms with Crippen LogP contribution in [-0.4, -0.2) is 48.9 Å². The lowest BCUT2D eigenvalue weighted by atomic mass is 9.85. The summed E-state index contributed by atoms with van der Waals surface area (Å²) in [7, 11) is -4.09. The van der Waals surface area contributed by atoms with Crippen LogP contribution in [0.4, 0.5) is 0 Å². The van der Waals surface area contributed by atoms with Gasteiger partial charge in [-0.2, -0.15) is 0 Å². The van der Waals surface area contributed by atoms with E-state index in [1.54, 1.807) is 0 Å². The smallest absolute Gasteiger partial charge is 0.0974 e. The van der Waals surface area contributed by atoms with E-state index in [9.17, 15) is 13.0 Å². The molecule has 3 heterocycles. The van der Waals surface area contributed by atoms with Crippen LogP contribution in [0.15, 0.2) is 0 Å². The monoisotopic (exact) mass is 247 g/mol. The zero-order valence-electron chi connectivity index (χ0n) is 9.89. The first-order chi connectivity index (χ1) is 7.41. The summed E-state index contributed by atoms with van der Waals surface area (Å²) in [5.41, 5.74) is 0. The molecule has 3 aliphatic rings. The van der Waals surface area contributed by atoms with Gasteiger partial charge in [-0.1, -0.05) is 0 Å². The Labute approximate surface area is 98.0 Å². The van der Waals surface area contributed by atoms with Crippen molar-refractivity contribution in [1.29, 1.82) is 0 Å². The van der Waals surface area contributed by atoms with Gasteiger partial charge in [-0.25, -0.2) is 8.42 Å². The maximum atomic E-state index is 10.8. The fourth-order valence-corrected chi connectivity index (χ4v) is 3.47. The van der Waals surface area contributed by atoms with Gasteiger partial charge in [0.05, 0.1) is 41.5 Å². The third-order valence-electron chi connectivity index (χ3n) is 4.54. The van der Waals surface area contributed by atoms with E-state index < -0.39 is 15.4 Å². The Bertz CT molecular complexity index is 330. The van der Waals surface area contributed by atoms with Crippen LogP contribution in [0.3, 0.4) is 0 Å². The minimum absolute atomic E-state index is 0.524. The van der Waals surface area contributed by atoms with E-state index in [-0.39, 0.29) is 0 Å². The molecule has 1 atom stereocenters. The topological polar surface area (TPSA) is 57.2 Å². The molecular formula is C11H21NO3S. The molecule has 4 nitrogen and oxygen atoms in total. The molecule has 5 heteroatoms. The second-order valence-electron chi connectivity index (χ2n) is 5.56. The summed E-state index contributed by atoms with van der Waals surface area (Å²) in [4.78, 5) is 0. The van der Waals surface area contributed by atoms with Crippen molar-refractivity contribution in [3.63, 3.8) is 0 Å². The van der Waals surface area contributed by atoms with Crippen LogP contribution in [-0.2, 0) is 10.1 Å². The van der Waals surface area contributed by atoms with E-state index in [2.05, 4.69) is 0 Å². The van der Waals surface area contributed by atoms with Crippen molar-refractivity contribution in [2.45, 2.75) is 37.9 Å². The van der Waals surface area contributed by atoms with Crippen LogP contribution >= 0.6 is 0 Å². The van der Waals surface area contributed by atoms with Gasteiger partial charge in [0.2, 0.25) is 0 Å². The second kappa shape index (κ2) is 4.27. The zero-order chi connectivity index (χ0) is 11.8. The van der Waals surface area contributed by atoms with Gasteiger partial charge in [0.25, 0.3) is 0 Å². The number of piperidine rings is 3. The van der Waals surface area contributed by atoms with Crippen molar-refractivity contribution in [3.05, 3.63) is 0 Å². The van der Waals surface area contributed by atoms with Crippen LogP contribution in [0.25, 0.3) is 0 Å². The van der Waals surface area contributed by atoms with Gasteiger partial charge >= 0.3 is 0 Å². The first-order valence-corrected chi connectivity index (χ1v) is 7.68. The van der Waals surface area contributed by atoms with Crippen LogP contribution in [0.5, 0.6) is 0 Å². The highest BCUT2D eigenvalue weighted by molar-refractivity contribution is 7.86. The highest BCUT2D eigenvalue weighted by atomic mass is 32.2. The highest BCUT2D eigenvalue weighted by Crippen LogP contribution is 2.33. The van der Waals surface area contributed by atoms with Gasteiger partial charge < -0.3 is 9.04 Å². The lowest BCUT2D eigenvalue weighted by Crippen LogP contribution is -2.59. The molecule has 0 aromatic rings. The molecular weight excluding hydrogens is 226 g/mol. The molecule has 0 aromatic heterocycles. The molecule has 1 unspecified atom stereocenters. The van der Waals surface area contributed by atoms with Crippen molar-refractivity contribution < 1.29 is 17.5 Å². The van der Waals surface area contributed by atoms with Crippen LogP contribution in [0.2, 0.25) is 0 Å². The minimum Gasteiger partial charge on any atom is -0.748 e. The molecule has 0 spiro atoms. The van der Waals surface area contributed by atoms with Gasteiger partial charge in [0, 0.05) is 6.42 Å². The van der Waals surface area contributed by atoms with E-state index in [0.717, 1.165) is 16.9 Å². The number of quaternary nitrogens is 1. The summed E-state index contributed by atoms with van der Waals surface area (Å²) >= 11 is 0. The maximum Gasteiger partial charge on any atom is 0.0974 e. The minimum atomic E-state index is -4.09. The number of fused-ring (bicyclic) bond motifs is 3. The fraction of sp³-hybridized carbons (Fsp3) is 1.00. The van der Waals surface area contributed by atoms with Crippen molar-refractivity contribution in [2.75, 3.05) is 26.2 Å². The van der Waals surface area contributed by atoms with Crippen molar-refractivity contribution in [1.82, 2.24) is 0 Å². The summed E-state index contributed by atoms with van der Waals surface area (Å²) in [6.07, 6.45) is 4.39. The lowest BCUT2D eigenvalue weighted by molar-refractivity contribution is -0.942. The summed E-state index contributed by atoms with van der Waals surface area (Å²) in [6.45, 7) is 5.98. The Kier molecular flexibility index (Phi) is 3.29. The summed E-state index contributed by atoms with van der Waals surface area (Å²) in [5, 5.41) is -0.723. The SMILES string of the molecule is CC(CC[N+]12CCC(CC1)CC2)S(=O)(=O)[O-]. The van der Waals surface area contributed by atoms with Gasteiger partial charge in [-0.15, -0.1) is 0 Å². The third-order valence-corrected chi connectivity index (χ3v) is 5.76. The molecule has 0 aliphatic carbocycles. The predicted octanol–water partition coefficient (Wildman–Crippen LogP) is 0.941. The van der Waals surface area contributed by atoms with E-state index in [1.807, 2.05) is 0 Å². The standard InChI is InChI=1S/C11H21NO3S/c1-10(16(13,14)15)2-6-12-7-3-11(4-8-12)5-9-12/h10-11H,2-9H2,1H3. The zero-order valence-corrected chi connectivity index (χ0v) is 10.7. The Hall–Kier alpha value is -0.130. The van der Waals surface area contributed by atoms with Crippen LogP contribution < -0.4 is 0 Å². The molecule has 0 N–H and O–H groups in total. The average molecular weight is 247 g/mol. The number of hydrogen-bond acceptors (Lipinski definition) is 3. The van der Waals surface area contributed by atoms with E-state index >= 15 is 0 Å². The summed E-state index contributed by atoms with van der Waals surface area (Å²) in [6, 6.07) is 0. The Morgan fingerprint density at radius 3 is 2.19 bits per heavy atom. The maximum absolute atomic E-state index is 10.8. The predicted molar refractivity (Wildman–Crippen MR) is 60.8 cm³/mol. The largest absolute Gasteiger partial charge is 0.748 e. The van der Waals surface area contributed by atoms with E-state index in [4.69, 9.17) is 0 Å². The Balaban J connectivity index is 1.90. The molecule has 3 fully saturated rings. The van der Waals surface area contributed by atoms with Crippen LogP contribution in [0.1, 0.15) is 32.6 Å². The van der Waals surface area contributed by atoms with Gasteiger partial charge in [-0.05, 0) is 32.1 Å². The summed E-state index contributed by atoms with van der Waals surface area (Å²) in [5.74, 6) is 0.917. The molecule has 3 saturated heterocycles. The van der Waals surface area contributed by atoms with Crippen molar-refractivity contribution >= 4 is 10.1 Å². The van der Waals surface area contributed by atoms with Gasteiger partial charge in [0.1, 0.15) is 0 Å². The number of hydrogen-bond donors (Lipinski definition) is 0. The molecule has 0 amide bonds. The molecule has 0 radical (unpaired) electrons. The van der Waals surface area contributed by atoms with E-state index in [0.29, 0.717) is 6.42 Å². The number of rotatable bonds is 4. The van der Waals surface area contributed by atoms with Crippen LogP contribution in [0, 0.1) is 5.92 Å². The fourth-order valence-electron chi connectivity index (χ4n) is 3.07. The Morgan fingerprint density at radius 2 is 1.75 bits per heavy atom. The second-order valence-corrected chi connectivity index (χ2v) is 7.35. The molecule has 3 aliphatic heterocycles. The molecule has 2 bridgehead atoms. The first-order valence-electron chi connectivity index (χ1n) is 6.21. The average Bonchev–Trinajstić information content (AvgIpc) is 2.27. The number of nitrogens with zero attached hydrogens (tertiary/aromatic N) is 1. The third kappa shape index (κ3) is 2.57. The molecule has 0 aromatic carbocycles. The molecule has 0 saturated carbocycles. The normalized spacial score (nSPS) is 36.2. The first kappa shape index (κ1) is 12.3. The highest BCUT2D eigenvalue weighted by Gasteiger charge is 2.39. The lowest BCUT2D eigenvalue weighted by Gasteiger charge is -2.49. The Morgan fingerprint density at radius 1 is 1.25 bits per heavy atom. The van der Waals surface area contributed by atoms with Crippen molar-refractivity contribution in [3.8, 4) is 0 Å². The van der Waals surface area contributed by atoms with E-state index in [1.165, 1.54) is 45.8 Å².